The zero-order chi connectivity index (χ0) is 13.0. The van der Waals surface area contributed by atoms with Gasteiger partial charge in [-0.15, -0.1) is 0 Å². The molecule has 102 valence electrons. The lowest BCUT2D eigenvalue weighted by Gasteiger charge is -2.21. The van der Waals surface area contributed by atoms with E-state index in [-0.39, 0.29) is 12.6 Å². The zero-order valence-electron chi connectivity index (χ0n) is 10.9. The van der Waals surface area contributed by atoms with E-state index in [1.165, 1.54) is 25.7 Å². The van der Waals surface area contributed by atoms with Crippen LogP contribution >= 0.6 is 0 Å². The minimum Gasteiger partial charge on any atom is -0.465 e. The van der Waals surface area contributed by atoms with Crippen molar-refractivity contribution >= 4 is 12.0 Å². The van der Waals surface area contributed by atoms with Crippen molar-refractivity contribution in [2.24, 2.45) is 17.8 Å². The highest BCUT2D eigenvalue weighted by Gasteiger charge is 2.39. The summed E-state index contributed by atoms with van der Waals surface area (Å²) in [4.78, 5) is 22.5. The molecule has 2 aliphatic carbocycles. The molecule has 0 aromatic rings. The molecule has 0 aromatic heterocycles. The molecule has 18 heavy (non-hydrogen) atoms. The Hall–Kier alpha value is -1.26. The van der Waals surface area contributed by atoms with E-state index in [1.807, 2.05) is 0 Å². The fourth-order valence-corrected chi connectivity index (χ4v) is 3.28. The van der Waals surface area contributed by atoms with Crippen LogP contribution in [-0.4, -0.2) is 31.7 Å². The Morgan fingerprint density at radius 2 is 2.06 bits per heavy atom. The summed E-state index contributed by atoms with van der Waals surface area (Å²) in [7, 11) is 0. The van der Waals surface area contributed by atoms with Crippen molar-refractivity contribution in [2.75, 3.05) is 19.7 Å². The summed E-state index contributed by atoms with van der Waals surface area (Å²) in [5.41, 5.74) is 0. The summed E-state index contributed by atoms with van der Waals surface area (Å²) in [6.07, 6.45) is 5.29. The molecule has 2 bridgehead atoms. The topological polar surface area (TPSA) is 67.4 Å². The molecule has 0 spiro atoms. The first kappa shape index (κ1) is 13.2. The lowest BCUT2D eigenvalue weighted by molar-refractivity contribution is -0.141. The van der Waals surface area contributed by atoms with E-state index in [0.29, 0.717) is 12.5 Å². The first-order valence-corrected chi connectivity index (χ1v) is 6.86. The second kappa shape index (κ2) is 6.07. The van der Waals surface area contributed by atoms with Gasteiger partial charge in [0.15, 0.2) is 0 Å². The van der Waals surface area contributed by atoms with Gasteiger partial charge in [0.2, 0.25) is 0 Å². The highest BCUT2D eigenvalue weighted by atomic mass is 16.5. The lowest BCUT2D eigenvalue weighted by Crippen LogP contribution is -2.41. The van der Waals surface area contributed by atoms with Crippen molar-refractivity contribution in [3.05, 3.63) is 0 Å². The molecule has 0 aliphatic heterocycles. The van der Waals surface area contributed by atoms with Crippen molar-refractivity contribution in [3.63, 3.8) is 0 Å². The van der Waals surface area contributed by atoms with Crippen LogP contribution in [0.1, 0.15) is 32.6 Å². The molecular formula is C13H22N2O3. The lowest BCUT2D eigenvalue weighted by atomic mass is 9.89. The molecule has 2 aliphatic rings. The molecule has 0 heterocycles. The number of urea groups is 1. The van der Waals surface area contributed by atoms with E-state index >= 15 is 0 Å². The maximum Gasteiger partial charge on any atom is 0.325 e. The highest BCUT2D eigenvalue weighted by molar-refractivity contribution is 5.80. The van der Waals surface area contributed by atoms with Crippen LogP contribution < -0.4 is 10.6 Å². The monoisotopic (exact) mass is 254 g/mol. The molecule has 5 heteroatoms. The fourth-order valence-electron chi connectivity index (χ4n) is 3.28. The van der Waals surface area contributed by atoms with E-state index in [9.17, 15) is 9.59 Å². The van der Waals surface area contributed by atoms with Crippen molar-refractivity contribution < 1.29 is 14.3 Å². The molecule has 2 rings (SSSR count). The summed E-state index contributed by atoms with van der Waals surface area (Å²) in [6, 6.07) is -0.272. The van der Waals surface area contributed by atoms with Crippen LogP contribution in [-0.2, 0) is 9.53 Å². The van der Waals surface area contributed by atoms with Crippen molar-refractivity contribution in [2.45, 2.75) is 32.6 Å². The fraction of sp³-hybridized carbons (Fsp3) is 0.846. The molecule has 2 amide bonds. The van der Waals surface area contributed by atoms with E-state index < -0.39 is 5.97 Å². The first-order valence-electron chi connectivity index (χ1n) is 6.86. The molecule has 2 fully saturated rings. The maximum absolute atomic E-state index is 11.5. The van der Waals surface area contributed by atoms with Gasteiger partial charge >= 0.3 is 12.0 Å². The van der Waals surface area contributed by atoms with Crippen molar-refractivity contribution in [3.8, 4) is 0 Å². The SMILES string of the molecule is CCOC(=O)CNC(=O)NCC1CC2CCC1C2. The average molecular weight is 254 g/mol. The Labute approximate surface area is 108 Å². The molecule has 5 nitrogen and oxygen atoms in total. The number of nitrogens with one attached hydrogen (secondary N) is 2. The first-order chi connectivity index (χ1) is 8.69. The molecule has 2 saturated carbocycles. The molecule has 3 unspecified atom stereocenters. The summed E-state index contributed by atoms with van der Waals surface area (Å²) in [6.45, 7) is 2.76. The maximum atomic E-state index is 11.5. The van der Waals surface area contributed by atoms with Crippen LogP contribution in [0.4, 0.5) is 4.79 Å². The van der Waals surface area contributed by atoms with Gasteiger partial charge in [0.1, 0.15) is 6.54 Å². The minimum absolute atomic E-state index is 0.0591. The number of ether oxygens (including phenoxy) is 1. The second-order valence-corrected chi connectivity index (χ2v) is 5.30. The Kier molecular flexibility index (Phi) is 4.44. The molecule has 0 saturated heterocycles. The van der Waals surface area contributed by atoms with Crippen LogP contribution in [0.3, 0.4) is 0 Å². The number of fused-ring (bicyclic) bond motifs is 2. The standard InChI is InChI=1S/C13H22N2O3/c1-2-18-12(16)8-15-13(17)14-7-11-6-9-3-4-10(11)5-9/h9-11H,2-8H2,1H3,(H2,14,15,17). The number of carbonyl (C=O) groups excluding carboxylic acids is 2. The largest absolute Gasteiger partial charge is 0.465 e. The highest BCUT2D eigenvalue weighted by Crippen LogP contribution is 2.47. The number of hydrogen-bond donors (Lipinski definition) is 2. The molecule has 0 aromatic carbocycles. The van der Waals surface area contributed by atoms with Crippen molar-refractivity contribution in [1.82, 2.24) is 10.6 Å². The molecule has 2 N–H and O–H groups in total. The number of hydrogen-bond acceptors (Lipinski definition) is 3. The van der Waals surface area contributed by atoms with Gasteiger partial charge in [0.25, 0.3) is 0 Å². The van der Waals surface area contributed by atoms with Gasteiger partial charge < -0.3 is 15.4 Å². The van der Waals surface area contributed by atoms with E-state index in [4.69, 9.17) is 4.74 Å². The molecule has 0 radical (unpaired) electrons. The van der Waals surface area contributed by atoms with Crippen molar-refractivity contribution in [1.29, 1.82) is 0 Å². The van der Waals surface area contributed by atoms with Crippen LogP contribution in [0.25, 0.3) is 0 Å². The predicted molar refractivity (Wildman–Crippen MR) is 67.0 cm³/mol. The van der Waals surface area contributed by atoms with Crippen LogP contribution in [0.2, 0.25) is 0 Å². The number of amides is 2. The second-order valence-electron chi connectivity index (χ2n) is 5.30. The summed E-state index contributed by atoms with van der Waals surface area (Å²) >= 11 is 0. The Bertz CT molecular complexity index is 319. The normalized spacial score (nSPS) is 29.1. The van der Waals surface area contributed by atoms with Gasteiger partial charge in [-0.3, -0.25) is 4.79 Å². The number of carbonyl (C=O) groups is 2. The quantitative estimate of drug-likeness (QED) is 0.726. The number of esters is 1. The smallest absolute Gasteiger partial charge is 0.325 e. The van der Waals surface area contributed by atoms with Crippen LogP contribution in [0, 0.1) is 17.8 Å². The van der Waals surface area contributed by atoms with E-state index in [2.05, 4.69) is 10.6 Å². The third-order valence-corrected chi connectivity index (χ3v) is 4.11. The predicted octanol–water partition coefficient (Wildman–Crippen LogP) is 1.28. The molecular weight excluding hydrogens is 232 g/mol. The van der Waals surface area contributed by atoms with Gasteiger partial charge in [0.05, 0.1) is 6.61 Å². The van der Waals surface area contributed by atoms with Gasteiger partial charge in [-0.25, -0.2) is 4.79 Å². The third kappa shape index (κ3) is 3.37. The minimum atomic E-state index is -0.396. The van der Waals surface area contributed by atoms with E-state index in [0.717, 1.165) is 18.4 Å². The van der Waals surface area contributed by atoms with Gasteiger partial charge in [-0.2, -0.15) is 0 Å². The Morgan fingerprint density at radius 3 is 2.67 bits per heavy atom. The zero-order valence-corrected chi connectivity index (χ0v) is 10.9. The third-order valence-electron chi connectivity index (χ3n) is 4.11. The average Bonchev–Trinajstić information content (AvgIpc) is 2.96. The summed E-state index contributed by atoms with van der Waals surface area (Å²) in [5, 5.41) is 5.36. The number of rotatable bonds is 5. The summed E-state index contributed by atoms with van der Waals surface area (Å²) in [5.74, 6) is 1.94. The van der Waals surface area contributed by atoms with Crippen LogP contribution in [0.15, 0.2) is 0 Å². The Morgan fingerprint density at radius 1 is 1.22 bits per heavy atom. The Balaban J connectivity index is 1.59. The summed E-state index contributed by atoms with van der Waals surface area (Å²) < 4.78 is 4.73. The van der Waals surface area contributed by atoms with Crippen LogP contribution in [0.5, 0.6) is 0 Å². The van der Waals surface area contributed by atoms with Gasteiger partial charge in [0, 0.05) is 6.54 Å². The van der Waals surface area contributed by atoms with Gasteiger partial charge in [-0.05, 0) is 43.9 Å². The van der Waals surface area contributed by atoms with E-state index in [1.54, 1.807) is 6.92 Å². The van der Waals surface area contributed by atoms with Gasteiger partial charge in [-0.1, -0.05) is 6.42 Å². The molecule has 3 atom stereocenters.